The SMILES string of the molecule is CCNC(CC)CC.Cl. The monoisotopic (exact) mass is 151 g/mol. The molecular formula is C7H18ClN. The minimum atomic E-state index is 0. The van der Waals surface area contributed by atoms with Crippen molar-refractivity contribution in [3.63, 3.8) is 0 Å². The fourth-order valence-electron chi connectivity index (χ4n) is 0.866. The van der Waals surface area contributed by atoms with E-state index in [2.05, 4.69) is 26.1 Å². The summed E-state index contributed by atoms with van der Waals surface area (Å²) in [5.41, 5.74) is 0. The van der Waals surface area contributed by atoms with E-state index in [1.807, 2.05) is 0 Å². The Balaban J connectivity index is 0. The highest BCUT2D eigenvalue weighted by atomic mass is 35.5. The molecule has 1 N–H and O–H groups in total. The lowest BCUT2D eigenvalue weighted by molar-refractivity contribution is 0.499. The Bertz CT molecular complexity index is 44.2. The van der Waals surface area contributed by atoms with Crippen LogP contribution in [-0.4, -0.2) is 12.6 Å². The zero-order chi connectivity index (χ0) is 6.41. The van der Waals surface area contributed by atoms with Crippen molar-refractivity contribution >= 4 is 12.4 Å². The Kier molecular flexibility index (Phi) is 11.0. The summed E-state index contributed by atoms with van der Waals surface area (Å²) in [6, 6.07) is 0.750. The summed E-state index contributed by atoms with van der Waals surface area (Å²) in [5.74, 6) is 0. The van der Waals surface area contributed by atoms with Gasteiger partial charge < -0.3 is 5.32 Å². The van der Waals surface area contributed by atoms with Crippen LogP contribution in [0.25, 0.3) is 0 Å². The molecule has 9 heavy (non-hydrogen) atoms. The average Bonchev–Trinajstić information content (AvgIpc) is 1.83. The van der Waals surface area contributed by atoms with E-state index >= 15 is 0 Å². The zero-order valence-corrected chi connectivity index (χ0v) is 7.42. The standard InChI is InChI=1S/C7H17N.ClH/c1-4-7(5-2)8-6-3;/h7-8H,4-6H2,1-3H3;1H. The molecule has 0 unspecified atom stereocenters. The lowest BCUT2D eigenvalue weighted by atomic mass is 10.2. The van der Waals surface area contributed by atoms with E-state index in [0.29, 0.717) is 0 Å². The minimum Gasteiger partial charge on any atom is -0.314 e. The van der Waals surface area contributed by atoms with Gasteiger partial charge in [-0.25, -0.2) is 0 Å². The van der Waals surface area contributed by atoms with Gasteiger partial charge in [0.2, 0.25) is 0 Å². The molecule has 0 saturated heterocycles. The highest BCUT2D eigenvalue weighted by Crippen LogP contribution is 1.93. The summed E-state index contributed by atoms with van der Waals surface area (Å²) in [4.78, 5) is 0. The van der Waals surface area contributed by atoms with Crippen LogP contribution in [0.15, 0.2) is 0 Å². The average molecular weight is 152 g/mol. The Morgan fingerprint density at radius 1 is 1.11 bits per heavy atom. The fourth-order valence-corrected chi connectivity index (χ4v) is 0.866. The molecule has 0 fully saturated rings. The van der Waals surface area contributed by atoms with Gasteiger partial charge in [0.1, 0.15) is 0 Å². The van der Waals surface area contributed by atoms with Gasteiger partial charge in [-0.15, -0.1) is 12.4 Å². The van der Waals surface area contributed by atoms with Crippen molar-refractivity contribution in [2.45, 2.75) is 39.7 Å². The Hall–Kier alpha value is 0.250. The van der Waals surface area contributed by atoms with Gasteiger partial charge >= 0.3 is 0 Å². The topological polar surface area (TPSA) is 12.0 Å². The van der Waals surface area contributed by atoms with Crippen molar-refractivity contribution in [3.05, 3.63) is 0 Å². The highest BCUT2D eigenvalue weighted by molar-refractivity contribution is 5.85. The first-order valence-corrected chi connectivity index (χ1v) is 3.58. The molecular weight excluding hydrogens is 134 g/mol. The van der Waals surface area contributed by atoms with Crippen LogP contribution >= 0.6 is 12.4 Å². The Morgan fingerprint density at radius 2 is 1.56 bits per heavy atom. The normalized spacial score (nSPS) is 9.33. The third kappa shape index (κ3) is 6.13. The third-order valence-corrected chi connectivity index (χ3v) is 1.48. The van der Waals surface area contributed by atoms with E-state index in [0.717, 1.165) is 12.6 Å². The summed E-state index contributed by atoms with van der Waals surface area (Å²) < 4.78 is 0. The van der Waals surface area contributed by atoms with Gasteiger partial charge in [0.05, 0.1) is 0 Å². The van der Waals surface area contributed by atoms with Crippen molar-refractivity contribution in [1.29, 1.82) is 0 Å². The first-order valence-electron chi connectivity index (χ1n) is 3.58. The number of halogens is 1. The molecule has 0 aromatic rings. The number of nitrogens with one attached hydrogen (secondary N) is 1. The van der Waals surface area contributed by atoms with Crippen molar-refractivity contribution in [2.75, 3.05) is 6.54 Å². The van der Waals surface area contributed by atoms with E-state index in [1.54, 1.807) is 0 Å². The second-order valence-electron chi connectivity index (χ2n) is 2.07. The summed E-state index contributed by atoms with van der Waals surface area (Å²) in [5, 5.41) is 3.38. The fraction of sp³-hybridized carbons (Fsp3) is 1.00. The summed E-state index contributed by atoms with van der Waals surface area (Å²) in [7, 11) is 0. The molecule has 0 heterocycles. The van der Waals surface area contributed by atoms with Crippen LogP contribution in [0.5, 0.6) is 0 Å². The third-order valence-electron chi connectivity index (χ3n) is 1.48. The largest absolute Gasteiger partial charge is 0.314 e. The Morgan fingerprint density at radius 3 is 1.67 bits per heavy atom. The first kappa shape index (κ1) is 12.0. The second kappa shape index (κ2) is 8.25. The number of hydrogen-bond donors (Lipinski definition) is 1. The number of rotatable bonds is 4. The van der Waals surface area contributed by atoms with Gasteiger partial charge in [0.15, 0.2) is 0 Å². The zero-order valence-electron chi connectivity index (χ0n) is 6.61. The van der Waals surface area contributed by atoms with Gasteiger partial charge in [0, 0.05) is 6.04 Å². The minimum absolute atomic E-state index is 0. The maximum Gasteiger partial charge on any atom is 0.00616 e. The van der Waals surface area contributed by atoms with Crippen molar-refractivity contribution in [1.82, 2.24) is 5.32 Å². The van der Waals surface area contributed by atoms with Gasteiger partial charge in [-0.1, -0.05) is 20.8 Å². The molecule has 0 aliphatic heterocycles. The molecule has 0 saturated carbocycles. The van der Waals surface area contributed by atoms with Crippen LogP contribution in [0, 0.1) is 0 Å². The predicted octanol–water partition coefficient (Wildman–Crippen LogP) is 2.21. The van der Waals surface area contributed by atoms with Crippen molar-refractivity contribution in [3.8, 4) is 0 Å². The van der Waals surface area contributed by atoms with E-state index in [9.17, 15) is 0 Å². The van der Waals surface area contributed by atoms with Gasteiger partial charge in [-0.2, -0.15) is 0 Å². The van der Waals surface area contributed by atoms with E-state index < -0.39 is 0 Å². The van der Waals surface area contributed by atoms with Crippen LogP contribution in [0.3, 0.4) is 0 Å². The van der Waals surface area contributed by atoms with E-state index in [-0.39, 0.29) is 12.4 Å². The second-order valence-corrected chi connectivity index (χ2v) is 2.07. The lowest BCUT2D eigenvalue weighted by Crippen LogP contribution is -2.26. The molecule has 0 aliphatic carbocycles. The van der Waals surface area contributed by atoms with Crippen molar-refractivity contribution < 1.29 is 0 Å². The molecule has 0 amide bonds. The van der Waals surface area contributed by atoms with Crippen molar-refractivity contribution in [2.24, 2.45) is 0 Å². The molecule has 0 aliphatic rings. The van der Waals surface area contributed by atoms with Gasteiger partial charge in [0.25, 0.3) is 0 Å². The summed E-state index contributed by atoms with van der Waals surface area (Å²) >= 11 is 0. The molecule has 2 heteroatoms. The predicted molar refractivity (Wildman–Crippen MR) is 45.3 cm³/mol. The molecule has 0 spiro atoms. The highest BCUT2D eigenvalue weighted by Gasteiger charge is 1.96. The quantitative estimate of drug-likeness (QED) is 0.650. The smallest absolute Gasteiger partial charge is 0.00616 e. The van der Waals surface area contributed by atoms with E-state index in [1.165, 1.54) is 12.8 Å². The molecule has 0 bridgehead atoms. The molecule has 0 aromatic carbocycles. The lowest BCUT2D eigenvalue weighted by Gasteiger charge is -2.11. The molecule has 0 radical (unpaired) electrons. The molecule has 58 valence electrons. The first-order chi connectivity index (χ1) is 3.85. The van der Waals surface area contributed by atoms with Crippen LogP contribution < -0.4 is 5.32 Å². The van der Waals surface area contributed by atoms with Crippen LogP contribution in [0.1, 0.15) is 33.6 Å². The van der Waals surface area contributed by atoms with Crippen LogP contribution in [-0.2, 0) is 0 Å². The summed E-state index contributed by atoms with van der Waals surface area (Å²) in [6.45, 7) is 7.69. The van der Waals surface area contributed by atoms with Gasteiger partial charge in [-0.3, -0.25) is 0 Å². The Labute approximate surface area is 64.6 Å². The summed E-state index contributed by atoms with van der Waals surface area (Å²) in [6.07, 6.45) is 2.51. The molecule has 0 atom stereocenters. The number of hydrogen-bond acceptors (Lipinski definition) is 1. The van der Waals surface area contributed by atoms with Crippen LogP contribution in [0.4, 0.5) is 0 Å². The molecule has 1 nitrogen and oxygen atoms in total. The molecule has 0 rings (SSSR count). The van der Waals surface area contributed by atoms with E-state index in [4.69, 9.17) is 0 Å². The van der Waals surface area contributed by atoms with Crippen LogP contribution in [0.2, 0.25) is 0 Å². The maximum atomic E-state index is 3.38. The maximum absolute atomic E-state index is 3.38. The van der Waals surface area contributed by atoms with Gasteiger partial charge in [-0.05, 0) is 19.4 Å². The molecule has 0 aromatic heterocycles.